The average Bonchev–Trinajstić information content (AvgIpc) is 2.41. The predicted molar refractivity (Wildman–Crippen MR) is 71.6 cm³/mol. The van der Waals surface area contributed by atoms with Gasteiger partial charge in [0.15, 0.2) is 0 Å². The third-order valence-corrected chi connectivity index (χ3v) is 3.51. The summed E-state index contributed by atoms with van der Waals surface area (Å²) in [7, 11) is 0. The van der Waals surface area contributed by atoms with E-state index < -0.39 is 0 Å². The van der Waals surface area contributed by atoms with Crippen LogP contribution in [-0.2, 0) is 11.2 Å². The first kappa shape index (κ1) is 13.3. The van der Waals surface area contributed by atoms with Crippen molar-refractivity contribution < 1.29 is 9.84 Å². The summed E-state index contributed by atoms with van der Waals surface area (Å²) in [5.74, 6) is 0.290. The third-order valence-electron chi connectivity index (χ3n) is 3.51. The highest BCUT2D eigenvalue weighted by atomic mass is 16.5. The zero-order valence-electron chi connectivity index (χ0n) is 10.9. The summed E-state index contributed by atoms with van der Waals surface area (Å²) >= 11 is 0. The highest BCUT2D eigenvalue weighted by Gasteiger charge is 2.25. The number of hydrogen-bond acceptors (Lipinski definition) is 4. The molecule has 4 nitrogen and oxygen atoms in total. The van der Waals surface area contributed by atoms with E-state index in [0.29, 0.717) is 5.75 Å². The molecular formula is C14H22N2O2. The number of phenolic OH excluding ortho intramolecular Hbond substituents is 1. The number of morpholine rings is 1. The summed E-state index contributed by atoms with van der Waals surface area (Å²) in [6, 6.07) is 7.22. The van der Waals surface area contributed by atoms with E-state index in [4.69, 9.17) is 10.5 Å². The van der Waals surface area contributed by atoms with Crippen LogP contribution in [-0.4, -0.2) is 48.4 Å². The molecule has 0 radical (unpaired) electrons. The topological polar surface area (TPSA) is 58.7 Å². The monoisotopic (exact) mass is 250 g/mol. The van der Waals surface area contributed by atoms with Gasteiger partial charge in [-0.05, 0) is 30.7 Å². The second kappa shape index (κ2) is 6.18. The number of ether oxygens (including phenoxy) is 1. The molecule has 2 rings (SSSR count). The van der Waals surface area contributed by atoms with Gasteiger partial charge in [-0.15, -0.1) is 0 Å². The second-order valence-corrected chi connectivity index (χ2v) is 4.84. The van der Waals surface area contributed by atoms with Crippen molar-refractivity contribution in [1.82, 2.24) is 4.90 Å². The van der Waals surface area contributed by atoms with E-state index in [1.807, 2.05) is 12.1 Å². The van der Waals surface area contributed by atoms with Crippen LogP contribution in [0, 0.1) is 0 Å². The van der Waals surface area contributed by atoms with Crippen LogP contribution < -0.4 is 5.73 Å². The van der Waals surface area contributed by atoms with Gasteiger partial charge in [0.25, 0.3) is 0 Å². The highest BCUT2D eigenvalue weighted by Crippen LogP contribution is 2.14. The number of phenols is 1. The lowest BCUT2D eigenvalue weighted by Crippen LogP contribution is -2.51. The first-order valence-electron chi connectivity index (χ1n) is 6.56. The molecule has 1 aliphatic rings. The van der Waals surface area contributed by atoms with E-state index in [1.54, 1.807) is 12.1 Å². The van der Waals surface area contributed by atoms with Crippen LogP contribution in [0.5, 0.6) is 5.75 Å². The van der Waals surface area contributed by atoms with E-state index in [2.05, 4.69) is 11.8 Å². The van der Waals surface area contributed by atoms with Crippen LogP contribution >= 0.6 is 0 Å². The molecule has 0 saturated carbocycles. The van der Waals surface area contributed by atoms with E-state index >= 15 is 0 Å². The Labute approximate surface area is 108 Å². The highest BCUT2D eigenvalue weighted by molar-refractivity contribution is 5.26. The van der Waals surface area contributed by atoms with Gasteiger partial charge in [0.2, 0.25) is 0 Å². The van der Waals surface area contributed by atoms with Gasteiger partial charge in [0.05, 0.1) is 12.7 Å². The molecule has 0 aliphatic carbocycles. The van der Waals surface area contributed by atoms with Crippen LogP contribution in [0.25, 0.3) is 0 Å². The molecule has 0 spiro atoms. The molecule has 2 atom stereocenters. The van der Waals surface area contributed by atoms with Crippen molar-refractivity contribution in [1.29, 1.82) is 0 Å². The Morgan fingerprint density at radius 1 is 1.44 bits per heavy atom. The van der Waals surface area contributed by atoms with Gasteiger partial charge < -0.3 is 15.6 Å². The molecule has 2 unspecified atom stereocenters. The zero-order chi connectivity index (χ0) is 13.0. The van der Waals surface area contributed by atoms with Crippen molar-refractivity contribution in [3.8, 4) is 5.75 Å². The molecule has 1 saturated heterocycles. The van der Waals surface area contributed by atoms with Gasteiger partial charge in [-0.25, -0.2) is 0 Å². The maximum absolute atomic E-state index is 9.24. The Morgan fingerprint density at radius 2 is 2.17 bits per heavy atom. The normalized spacial score (nSPS) is 22.9. The molecule has 1 aromatic rings. The fourth-order valence-electron chi connectivity index (χ4n) is 2.31. The third kappa shape index (κ3) is 3.45. The Hall–Kier alpha value is -1.10. The fraction of sp³-hybridized carbons (Fsp3) is 0.571. The maximum atomic E-state index is 9.24. The minimum atomic E-state index is 0.00360. The van der Waals surface area contributed by atoms with Gasteiger partial charge in [0.1, 0.15) is 5.75 Å². The summed E-state index contributed by atoms with van der Waals surface area (Å²) in [6.45, 7) is 5.89. The van der Waals surface area contributed by atoms with E-state index in [1.165, 1.54) is 0 Å². The van der Waals surface area contributed by atoms with Crippen molar-refractivity contribution >= 4 is 0 Å². The van der Waals surface area contributed by atoms with Crippen molar-refractivity contribution in [2.75, 3.05) is 26.2 Å². The SMILES string of the molecule is CCN1CCOC(C(N)Cc2ccc(O)cc2)C1. The number of nitrogens with two attached hydrogens (primary N) is 1. The number of likely N-dealkylation sites (N-methyl/N-ethyl adjacent to an activating group) is 1. The van der Waals surface area contributed by atoms with E-state index in [0.717, 1.165) is 38.2 Å². The first-order valence-corrected chi connectivity index (χ1v) is 6.56. The largest absolute Gasteiger partial charge is 0.508 e. The summed E-state index contributed by atoms with van der Waals surface area (Å²) < 4.78 is 5.75. The molecule has 1 heterocycles. The lowest BCUT2D eigenvalue weighted by atomic mass is 10.0. The molecule has 18 heavy (non-hydrogen) atoms. The molecule has 100 valence electrons. The second-order valence-electron chi connectivity index (χ2n) is 4.84. The van der Waals surface area contributed by atoms with Gasteiger partial charge in [-0.3, -0.25) is 4.90 Å². The van der Waals surface area contributed by atoms with Crippen molar-refractivity contribution in [2.45, 2.75) is 25.5 Å². The Bertz CT molecular complexity index is 367. The molecule has 3 N–H and O–H groups in total. The zero-order valence-corrected chi connectivity index (χ0v) is 10.9. The van der Waals surface area contributed by atoms with Gasteiger partial charge in [0, 0.05) is 19.1 Å². The Balaban J connectivity index is 1.90. The molecule has 0 bridgehead atoms. The molecule has 1 fully saturated rings. The molecule has 1 aromatic carbocycles. The van der Waals surface area contributed by atoms with E-state index in [9.17, 15) is 5.11 Å². The van der Waals surface area contributed by atoms with Crippen LogP contribution in [0.15, 0.2) is 24.3 Å². The molecule has 0 aromatic heterocycles. The maximum Gasteiger partial charge on any atom is 0.115 e. The Kier molecular flexibility index (Phi) is 4.58. The lowest BCUT2D eigenvalue weighted by Gasteiger charge is -2.35. The number of benzene rings is 1. The van der Waals surface area contributed by atoms with Crippen molar-refractivity contribution in [3.63, 3.8) is 0 Å². The number of hydrogen-bond donors (Lipinski definition) is 2. The summed E-state index contributed by atoms with van der Waals surface area (Å²) in [4.78, 5) is 2.37. The van der Waals surface area contributed by atoms with Gasteiger partial charge in [-0.1, -0.05) is 19.1 Å². The number of aromatic hydroxyl groups is 1. The minimum absolute atomic E-state index is 0.00360. The quantitative estimate of drug-likeness (QED) is 0.836. The lowest BCUT2D eigenvalue weighted by molar-refractivity contribution is -0.0385. The van der Waals surface area contributed by atoms with Crippen molar-refractivity contribution in [2.24, 2.45) is 5.73 Å². The Morgan fingerprint density at radius 3 is 2.83 bits per heavy atom. The summed E-state index contributed by atoms with van der Waals surface area (Å²) in [5, 5.41) is 9.24. The van der Waals surface area contributed by atoms with Crippen LogP contribution in [0.3, 0.4) is 0 Å². The molecule has 4 heteroatoms. The molecular weight excluding hydrogens is 228 g/mol. The number of nitrogens with zero attached hydrogens (tertiary/aromatic N) is 1. The standard InChI is InChI=1S/C14H22N2O2/c1-2-16-7-8-18-14(10-16)13(15)9-11-3-5-12(17)6-4-11/h3-6,13-14,17H,2,7-10,15H2,1H3. The van der Waals surface area contributed by atoms with Crippen LogP contribution in [0.2, 0.25) is 0 Å². The summed E-state index contributed by atoms with van der Waals surface area (Å²) in [5.41, 5.74) is 7.36. The van der Waals surface area contributed by atoms with E-state index in [-0.39, 0.29) is 12.1 Å². The summed E-state index contributed by atoms with van der Waals surface area (Å²) in [6.07, 6.45) is 0.884. The van der Waals surface area contributed by atoms with Crippen LogP contribution in [0.4, 0.5) is 0 Å². The number of rotatable bonds is 4. The molecule has 0 amide bonds. The smallest absolute Gasteiger partial charge is 0.115 e. The van der Waals surface area contributed by atoms with Gasteiger partial charge in [-0.2, -0.15) is 0 Å². The molecule has 1 aliphatic heterocycles. The fourth-order valence-corrected chi connectivity index (χ4v) is 2.31. The van der Waals surface area contributed by atoms with Crippen LogP contribution in [0.1, 0.15) is 12.5 Å². The average molecular weight is 250 g/mol. The predicted octanol–water partition coefficient (Wildman–Crippen LogP) is 0.983. The van der Waals surface area contributed by atoms with Crippen molar-refractivity contribution in [3.05, 3.63) is 29.8 Å². The first-order chi connectivity index (χ1) is 8.69. The minimum Gasteiger partial charge on any atom is -0.508 e. The van der Waals surface area contributed by atoms with Gasteiger partial charge >= 0.3 is 0 Å².